The van der Waals surface area contributed by atoms with Crippen molar-refractivity contribution in [3.63, 3.8) is 0 Å². The van der Waals surface area contributed by atoms with E-state index in [1.807, 2.05) is 30.3 Å². The molecule has 0 spiro atoms. The third kappa shape index (κ3) is 3.89. The third-order valence-corrected chi connectivity index (χ3v) is 5.17. The molecule has 1 saturated heterocycles. The van der Waals surface area contributed by atoms with E-state index in [0.29, 0.717) is 44.1 Å². The fraction of sp³-hybridized carbons (Fsp3) is 0.333. The van der Waals surface area contributed by atoms with Crippen LogP contribution in [0.2, 0.25) is 0 Å². The molecule has 27 heavy (non-hydrogen) atoms. The van der Waals surface area contributed by atoms with E-state index in [-0.39, 0.29) is 11.7 Å². The first-order valence-electron chi connectivity index (χ1n) is 9.29. The topological polar surface area (TPSA) is 66.4 Å². The highest BCUT2D eigenvalue weighted by atomic mass is 16.1. The van der Waals surface area contributed by atoms with Crippen molar-refractivity contribution in [1.29, 1.82) is 0 Å². The van der Waals surface area contributed by atoms with Gasteiger partial charge in [-0.3, -0.25) is 9.59 Å². The molecule has 6 heteroatoms. The summed E-state index contributed by atoms with van der Waals surface area (Å²) < 4.78 is 0. The van der Waals surface area contributed by atoms with Crippen LogP contribution in [0.3, 0.4) is 0 Å². The van der Waals surface area contributed by atoms with Crippen molar-refractivity contribution in [3.8, 4) is 0 Å². The number of piperazine rings is 1. The summed E-state index contributed by atoms with van der Waals surface area (Å²) in [4.78, 5) is 36.3. The van der Waals surface area contributed by atoms with Gasteiger partial charge < -0.3 is 9.80 Å². The molecule has 0 unspecified atom stereocenters. The lowest BCUT2D eigenvalue weighted by molar-refractivity contribution is -0.118. The summed E-state index contributed by atoms with van der Waals surface area (Å²) in [5.74, 6) is 0.913. The molecule has 4 rings (SSSR count). The van der Waals surface area contributed by atoms with Gasteiger partial charge in [0.2, 0.25) is 12.4 Å². The zero-order valence-corrected chi connectivity index (χ0v) is 15.1. The number of amides is 1. The molecule has 2 aliphatic rings. The number of carbonyl (C=O) groups is 2. The number of carbonyl (C=O) groups excluding carboxylic acids is 2. The van der Waals surface area contributed by atoms with Crippen LogP contribution in [0.1, 0.15) is 28.0 Å². The number of Topliss-reactive ketones (excluding diaryl/α,β-unsaturated/α-hetero) is 1. The van der Waals surface area contributed by atoms with Crippen molar-refractivity contribution >= 4 is 24.2 Å². The van der Waals surface area contributed by atoms with Crippen LogP contribution in [0.5, 0.6) is 0 Å². The average Bonchev–Trinajstić information content (AvgIpc) is 2.73. The summed E-state index contributed by atoms with van der Waals surface area (Å²) in [5.41, 5.74) is 2.61. The van der Waals surface area contributed by atoms with E-state index >= 15 is 0 Å². The van der Waals surface area contributed by atoms with Crippen LogP contribution in [0.25, 0.3) is 6.08 Å². The number of hydrogen-bond acceptors (Lipinski definition) is 5. The van der Waals surface area contributed by atoms with E-state index in [9.17, 15) is 9.59 Å². The normalized spacial score (nSPS) is 20.0. The molecule has 1 aromatic heterocycles. The molecule has 0 saturated carbocycles. The standard InChI is InChI=1S/C21H22N4O2/c26-15-24-8-10-25(11-9-24)21-22-14-18-19(23-21)12-17(13-20(18)27)7-6-16-4-2-1-3-5-16/h1-7,14-15,17H,8-13H2/b7-6+/t17-/m1/s1. The van der Waals surface area contributed by atoms with Gasteiger partial charge in [0.25, 0.3) is 0 Å². The van der Waals surface area contributed by atoms with Gasteiger partial charge in [0, 0.05) is 38.8 Å². The minimum absolute atomic E-state index is 0.108. The number of fused-ring (bicyclic) bond motifs is 1. The van der Waals surface area contributed by atoms with Crippen molar-refractivity contribution in [1.82, 2.24) is 14.9 Å². The molecule has 1 aromatic carbocycles. The van der Waals surface area contributed by atoms with Crippen LogP contribution in [-0.4, -0.2) is 53.2 Å². The average molecular weight is 362 g/mol. The number of aromatic nitrogens is 2. The molecule has 1 aliphatic heterocycles. The van der Waals surface area contributed by atoms with E-state index < -0.39 is 0 Å². The van der Waals surface area contributed by atoms with Gasteiger partial charge in [-0.2, -0.15) is 0 Å². The number of anilines is 1. The lowest BCUT2D eigenvalue weighted by Gasteiger charge is -2.33. The highest BCUT2D eigenvalue weighted by Crippen LogP contribution is 2.27. The molecular weight excluding hydrogens is 340 g/mol. The van der Waals surface area contributed by atoms with E-state index in [4.69, 9.17) is 4.98 Å². The molecule has 1 atom stereocenters. The minimum atomic E-state index is 0.108. The van der Waals surface area contributed by atoms with Gasteiger partial charge in [0.15, 0.2) is 5.78 Å². The number of hydrogen-bond donors (Lipinski definition) is 0. The van der Waals surface area contributed by atoms with Crippen LogP contribution in [0.15, 0.2) is 42.6 Å². The summed E-state index contributed by atoms with van der Waals surface area (Å²) in [6.07, 6.45) is 7.98. The maximum absolute atomic E-state index is 12.5. The van der Waals surface area contributed by atoms with Gasteiger partial charge in [-0.05, 0) is 17.9 Å². The molecule has 0 N–H and O–H groups in total. The quantitative estimate of drug-likeness (QED) is 0.780. The predicted octanol–water partition coefficient (Wildman–Crippen LogP) is 2.21. The van der Waals surface area contributed by atoms with Crippen molar-refractivity contribution in [2.24, 2.45) is 5.92 Å². The molecule has 1 fully saturated rings. The fourth-order valence-corrected chi connectivity index (χ4v) is 3.59. The Balaban J connectivity index is 1.50. The molecule has 138 valence electrons. The molecule has 0 radical (unpaired) electrons. The first-order chi connectivity index (χ1) is 13.2. The van der Waals surface area contributed by atoms with Gasteiger partial charge in [-0.15, -0.1) is 0 Å². The highest BCUT2D eigenvalue weighted by molar-refractivity contribution is 5.98. The van der Waals surface area contributed by atoms with Crippen molar-refractivity contribution in [3.05, 3.63) is 59.4 Å². The lowest BCUT2D eigenvalue weighted by atomic mass is 9.86. The number of benzene rings is 1. The second-order valence-corrected chi connectivity index (χ2v) is 7.02. The Kier molecular flexibility index (Phi) is 4.96. The van der Waals surface area contributed by atoms with Crippen LogP contribution in [0, 0.1) is 5.92 Å². The van der Waals surface area contributed by atoms with Crippen LogP contribution in [-0.2, 0) is 11.2 Å². The van der Waals surface area contributed by atoms with Crippen molar-refractivity contribution in [2.45, 2.75) is 12.8 Å². The zero-order valence-electron chi connectivity index (χ0n) is 15.1. The molecular formula is C21H22N4O2. The van der Waals surface area contributed by atoms with Crippen LogP contribution < -0.4 is 4.90 Å². The largest absolute Gasteiger partial charge is 0.342 e. The maximum atomic E-state index is 12.5. The Morgan fingerprint density at radius 2 is 1.81 bits per heavy atom. The van der Waals surface area contributed by atoms with Crippen LogP contribution >= 0.6 is 0 Å². The molecule has 2 aromatic rings. The van der Waals surface area contributed by atoms with Gasteiger partial charge in [0.05, 0.1) is 11.3 Å². The van der Waals surface area contributed by atoms with Gasteiger partial charge in [-0.25, -0.2) is 9.97 Å². The lowest BCUT2D eigenvalue weighted by Crippen LogP contribution is -2.46. The van der Waals surface area contributed by atoms with E-state index in [2.05, 4.69) is 22.0 Å². The Labute approximate surface area is 158 Å². The van der Waals surface area contributed by atoms with Gasteiger partial charge in [0.1, 0.15) is 0 Å². The van der Waals surface area contributed by atoms with Gasteiger partial charge >= 0.3 is 0 Å². The Bertz CT molecular complexity index is 858. The first-order valence-corrected chi connectivity index (χ1v) is 9.29. The summed E-state index contributed by atoms with van der Waals surface area (Å²) in [6, 6.07) is 10.1. The summed E-state index contributed by atoms with van der Waals surface area (Å²) >= 11 is 0. The zero-order chi connectivity index (χ0) is 18.6. The molecule has 1 aliphatic carbocycles. The second-order valence-electron chi connectivity index (χ2n) is 7.02. The van der Waals surface area contributed by atoms with E-state index in [1.54, 1.807) is 11.1 Å². The minimum Gasteiger partial charge on any atom is -0.342 e. The highest BCUT2D eigenvalue weighted by Gasteiger charge is 2.27. The molecule has 6 nitrogen and oxygen atoms in total. The number of nitrogens with zero attached hydrogens (tertiary/aromatic N) is 4. The first kappa shape index (κ1) is 17.4. The van der Waals surface area contributed by atoms with Crippen molar-refractivity contribution in [2.75, 3.05) is 31.1 Å². The summed E-state index contributed by atoms with van der Waals surface area (Å²) in [5, 5.41) is 0. The molecule has 2 heterocycles. The number of rotatable bonds is 4. The molecule has 0 bridgehead atoms. The second kappa shape index (κ2) is 7.70. The predicted molar refractivity (Wildman–Crippen MR) is 103 cm³/mol. The fourth-order valence-electron chi connectivity index (χ4n) is 3.59. The number of allylic oxidation sites excluding steroid dienone is 1. The smallest absolute Gasteiger partial charge is 0.225 e. The maximum Gasteiger partial charge on any atom is 0.225 e. The third-order valence-electron chi connectivity index (χ3n) is 5.17. The van der Waals surface area contributed by atoms with Crippen molar-refractivity contribution < 1.29 is 9.59 Å². The van der Waals surface area contributed by atoms with Crippen LogP contribution in [0.4, 0.5) is 5.95 Å². The SMILES string of the molecule is O=CN1CCN(c2ncc3c(n2)C[C@@H](/C=C/c2ccccc2)CC3=O)CC1. The summed E-state index contributed by atoms with van der Waals surface area (Å²) in [6.45, 7) is 2.77. The van der Waals surface area contributed by atoms with E-state index in [1.165, 1.54) is 0 Å². The number of ketones is 1. The Morgan fingerprint density at radius 3 is 2.56 bits per heavy atom. The Morgan fingerprint density at radius 1 is 1.04 bits per heavy atom. The van der Waals surface area contributed by atoms with E-state index in [0.717, 1.165) is 24.1 Å². The monoisotopic (exact) mass is 362 g/mol. The summed E-state index contributed by atoms with van der Waals surface area (Å²) in [7, 11) is 0. The molecule has 1 amide bonds. The van der Waals surface area contributed by atoms with Gasteiger partial charge in [-0.1, -0.05) is 42.5 Å². The Hall–Kier alpha value is -3.02.